The lowest BCUT2D eigenvalue weighted by atomic mass is 9.90. The van der Waals surface area contributed by atoms with Crippen LogP contribution in [0.5, 0.6) is 0 Å². The molecule has 0 saturated carbocycles. The lowest BCUT2D eigenvalue weighted by Gasteiger charge is -2.40. The predicted octanol–water partition coefficient (Wildman–Crippen LogP) is 4.89. The SMILES string of the molecule is C[S+](C)CC[C@@H](Nc1cc(Cl)cc(Cl)c1)C(=O)N[C@H]1CN(c2ncnc3[nH]ccc23)CC[C@@H]1C(F)(F)F. The number of fused-ring (bicyclic) bond motifs is 1. The van der Waals surface area contributed by atoms with Crippen LogP contribution in [0.4, 0.5) is 24.7 Å². The van der Waals surface area contributed by atoms with Crippen LogP contribution in [0.3, 0.4) is 0 Å². The summed E-state index contributed by atoms with van der Waals surface area (Å²) in [6.07, 6.45) is 3.00. The van der Waals surface area contributed by atoms with E-state index >= 15 is 0 Å². The Bertz CT molecular complexity index is 1220. The van der Waals surface area contributed by atoms with Crippen molar-refractivity contribution in [2.45, 2.75) is 31.1 Å². The Morgan fingerprint density at radius 1 is 1.24 bits per heavy atom. The van der Waals surface area contributed by atoms with E-state index in [1.807, 2.05) is 12.5 Å². The largest absolute Gasteiger partial charge is 0.393 e. The first-order valence-corrected chi connectivity index (χ1v) is 14.6. The molecule has 1 aliphatic heterocycles. The molecule has 1 saturated heterocycles. The van der Waals surface area contributed by atoms with E-state index < -0.39 is 30.1 Å². The Labute approximate surface area is 225 Å². The molecule has 0 unspecified atom stereocenters. The van der Waals surface area contributed by atoms with Crippen LogP contribution >= 0.6 is 23.2 Å². The Hall–Kier alpha value is -2.37. The molecule has 200 valence electrons. The fourth-order valence-corrected chi connectivity index (χ4v) is 5.77. The molecule has 0 bridgehead atoms. The molecule has 1 fully saturated rings. The maximum atomic E-state index is 14.0. The first kappa shape index (κ1) is 27.7. The van der Waals surface area contributed by atoms with Crippen molar-refractivity contribution in [1.82, 2.24) is 20.3 Å². The molecule has 0 radical (unpaired) electrons. The predicted molar refractivity (Wildman–Crippen MR) is 145 cm³/mol. The van der Waals surface area contributed by atoms with Gasteiger partial charge in [0.25, 0.3) is 0 Å². The third-order valence-electron chi connectivity index (χ3n) is 6.33. The number of halogens is 5. The fourth-order valence-electron chi connectivity index (χ4n) is 4.54. The average molecular weight is 576 g/mol. The molecule has 0 aliphatic carbocycles. The number of aromatic amines is 1. The second kappa shape index (κ2) is 11.6. The number of nitrogens with zero attached hydrogens (tertiary/aromatic N) is 3. The number of amides is 1. The lowest BCUT2D eigenvalue weighted by molar-refractivity contribution is -0.186. The van der Waals surface area contributed by atoms with Crippen molar-refractivity contribution in [3.8, 4) is 0 Å². The van der Waals surface area contributed by atoms with E-state index in [-0.39, 0.29) is 30.4 Å². The number of H-pyrrole nitrogens is 1. The molecule has 13 heteroatoms. The number of carbonyl (C=O) groups excluding carboxylic acids is 1. The molecule has 3 N–H and O–H groups in total. The normalized spacial score (nSPS) is 19.3. The molecule has 7 nitrogen and oxygen atoms in total. The zero-order chi connectivity index (χ0) is 26.7. The summed E-state index contributed by atoms with van der Waals surface area (Å²) in [5.74, 6) is -0.914. The number of hydrogen-bond donors (Lipinski definition) is 3. The van der Waals surface area contributed by atoms with Gasteiger partial charge in [0.15, 0.2) is 0 Å². The van der Waals surface area contributed by atoms with E-state index in [0.29, 0.717) is 39.0 Å². The number of carbonyl (C=O) groups is 1. The third kappa shape index (κ3) is 6.94. The molecular formula is C24H28Cl2F3N6OS+. The number of anilines is 2. The Balaban J connectivity index is 1.57. The van der Waals surface area contributed by atoms with Crippen molar-refractivity contribution in [3.05, 3.63) is 46.8 Å². The Morgan fingerprint density at radius 2 is 1.97 bits per heavy atom. The molecule has 3 aromatic rings. The minimum absolute atomic E-state index is 0.0329. The van der Waals surface area contributed by atoms with E-state index in [1.54, 1.807) is 35.4 Å². The van der Waals surface area contributed by atoms with Crippen LogP contribution in [0.2, 0.25) is 10.0 Å². The van der Waals surface area contributed by atoms with E-state index in [4.69, 9.17) is 23.2 Å². The van der Waals surface area contributed by atoms with Gasteiger partial charge in [-0.25, -0.2) is 9.97 Å². The molecule has 1 aromatic carbocycles. The van der Waals surface area contributed by atoms with Gasteiger partial charge in [0.2, 0.25) is 5.91 Å². The highest BCUT2D eigenvalue weighted by Gasteiger charge is 2.48. The van der Waals surface area contributed by atoms with Crippen molar-refractivity contribution in [1.29, 1.82) is 0 Å². The van der Waals surface area contributed by atoms with Gasteiger partial charge in [-0.2, -0.15) is 13.2 Å². The summed E-state index contributed by atoms with van der Waals surface area (Å²) in [7, 11) is 0.0351. The zero-order valence-electron chi connectivity index (χ0n) is 20.3. The number of benzene rings is 1. The molecular weight excluding hydrogens is 548 g/mol. The number of aromatic nitrogens is 3. The van der Waals surface area contributed by atoms with Gasteiger partial charge in [-0.1, -0.05) is 23.2 Å². The van der Waals surface area contributed by atoms with Gasteiger partial charge in [0, 0.05) is 41.4 Å². The van der Waals surface area contributed by atoms with E-state index in [0.717, 1.165) is 5.75 Å². The third-order valence-corrected chi connectivity index (χ3v) is 7.82. The summed E-state index contributed by atoms with van der Waals surface area (Å²) >= 11 is 12.2. The summed E-state index contributed by atoms with van der Waals surface area (Å²) in [6.45, 7) is 0.125. The number of hydrogen-bond acceptors (Lipinski definition) is 5. The van der Waals surface area contributed by atoms with Crippen molar-refractivity contribution in [2.24, 2.45) is 5.92 Å². The van der Waals surface area contributed by atoms with Crippen LogP contribution < -0.4 is 15.5 Å². The molecule has 0 spiro atoms. The minimum atomic E-state index is -4.46. The van der Waals surface area contributed by atoms with Crippen LogP contribution in [-0.4, -0.2) is 70.5 Å². The summed E-state index contributed by atoms with van der Waals surface area (Å²) in [5, 5.41) is 7.34. The van der Waals surface area contributed by atoms with Crippen molar-refractivity contribution in [2.75, 3.05) is 41.6 Å². The van der Waals surface area contributed by atoms with Crippen molar-refractivity contribution < 1.29 is 18.0 Å². The zero-order valence-corrected chi connectivity index (χ0v) is 22.6. The minimum Gasteiger partial charge on any atom is -0.373 e. The number of piperidine rings is 1. The van der Waals surface area contributed by atoms with Gasteiger partial charge in [0.05, 0.1) is 29.9 Å². The summed E-state index contributed by atoms with van der Waals surface area (Å²) < 4.78 is 42.1. The van der Waals surface area contributed by atoms with Gasteiger partial charge < -0.3 is 20.5 Å². The van der Waals surface area contributed by atoms with Crippen LogP contribution in [0, 0.1) is 5.92 Å². The van der Waals surface area contributed by atoms with Gasteiger partial charge in [-0.15, -0.1) is 0 Å². The van der Waals surface area contributed by atoms with Crippen LogP contribution in [0.1, 0.15) is 12.8 Å². The summed E-state index contributed by atoms with van der Waals surface area (Å²) in [6, 6.07) is 4.70. The second-order valence-electron chi connectivity index (χ2n) is 9.27. The molecule has 3 heterocycles. The first-order valence-electron chi connectivity index (χ1n) is 11.7. The van der Waals surface area contributed by atoms with Gasteiger partial charge in [-0.3, -0.25) is 4.79 Å². The smallest absolute Gasteiger partial charge is 0.373 e. The highest BCUT2D eigenvalue weighted by molar-refractivity contribution is 7.95. The van der Waals surface area contributed by atoms with Gasteiger partial charge in [-0.05, 0) is 41.6 Å². The van der Waals surface area contributed by atoms with Crippen LogP contribution in [-0.2, 0) is 15.7 Å². The number of rotatable bonds is 8. The maximum absolute atomic E-state index is 14.0. The van der Waals surface area contributed by atoms with E-state index in [2.05, 4.69) is 25.6 Å². The molecule has 1 aliphatic rings. The lowest BCUT2D eigenvalue weighted by Crippen LogP contribution is -2.58. The monoisotopic (exact) mass is 575 g/mol. The summed E-state index contributed by atoms with van der Waals surface area (Å²) in [4.78, 5) is 26.7. The van der Waals surface area contributed by atoms with Crippen molar-refractivity contribution >= 4 is 62.5 Å². The maximum Gasteiger partial charge on any atom is 0.393 e. The van der Waals surface area contributed by atoms with Crippen LogP contribution in [0.25, 0.3) is 11.0 Å². The Kier molecular flexibility index (Phi) is 8.65. The van der Waals surface area contributed by atoms with Crippen molar-refractivity contribution in [3.63, 3.8) is 0 Å². The number of alkyl halides is 3. The molecule has 37 heavy (non-hydrogen) atoms. The standard InChI is InChI=1S/C24H27Cl2F3N6OS/c1-37(2)8-5-19(33-16-10-14(25)9-15(26)11-16)23(36)34-20-12-35(7-4-18(20)24(27,28)29)22-17-3-6-30-21(17)31-13-32-22/h3,6,9-11,13,18-20,33H,4-5,7-8,12H2,1-2H3,(H-,30,31,32,34,36)/p+1/t18-,19+,20-/m0/s1. The number of nitrogens with one attached hydrogen (secondary N) is 3. The molecule has 2 aromatic heterocycles. The van der Waals surface area contributed by atoms with Gasteiger partial charge in [0.1, 0.15) is 29.6 Å². The highest BCUT2D eigenvalue weighted by Crippen LogP contribution is 2.36. The van der Waals surface area contributed by atoms with E-state index in [9.17, 15) is 18.0 Å². The molecule has 1 amide bonds. The molecule has 3 atom stereocenters. The average Bonchev–Trinajstić information content (AvgIpc) is 3.29. The van der Waals surface area contributed by atoms with E-state index in [1.165, 1.54) is 6.33 Å². The topological polar surface area (TPSA) is 85.9 Å². The van der Waals surface area contributed by atoms with Gasteiger partial charge >= 0.3 is 6.18 Å². The quantitative estimate of drug-likeness (QED) is 0.333. The molecule has 4 rings (SSSR count). The second-order valence-corrected chi connectivity index (χ2v) is 12.5. The summed E-state index contributed by atoms with van der Waals surface area (Å²) in [5.41, 5.74) is 1.13. The first-order chi connectivity index (χ1) is 17.5. The highest BCUT2D eigenvalue weighted by atomic mass is 35.5. The fraction of sp³-hybridized carbons (Fsp3) is 0.458. The van der Waals surface area contributed by atoms with Crippen LogP contribution in [0.15, 0.2) is 36.8 Å². The Morgan fingerprint density at radius 3 is 2.65 bits per heavy atom.